The summed E-state index contributed by atoms with van der Waals surface area (Å²) in [5.74, 6) is 0.300. The Morgan fingerprint density at radius 2 is 1.88 bits per heavy atom. The van der Waals surface area contributed by atoms with Gasteiger partial charge in [0, 0.05) is 21.7 Å². The highest BCUT2D eigenvalue weighted by Gasteiger charge is 2.05. The number of nitrogen functional groups attached to an aromatic ring is 1. The lowest BCUT2D eigenvalue weighted by molar-refractivity contribution is 1.25. The minimum atomic E-state index is -0.263. The molecule has 1 aromatic carbocycles. The average Bonchev–Trinajstić information content (AvgIpc) is 2.15. The third-order valence-corrected chi connectivity index (χ3v) is 2.66. The van der Waals surface area contributed by atoms with Crippen LogP contribution in [0.2, 0.25) is 10.0 Å². The maximum atomic E-state index is 11.3. The third-order valence-electron chi connectivity index (χ3n) is 2.11. The topological polar surface area (TPSA) is 58.9 Å². The summed E-state index contributed by atoms with van der Waals surface area (Å²) in [5, 5.41) is 1.03. The molecule has 0 saturated carbocycles. The lowest BCUT2D eigenvalue weighted by Gasteiger charge is -2.05. The van der Waals surface area contributed by atoms with E-state index in [1.165, 1.54) is 6.07 Å². The van der Waals surface area contributed by atoms with Crippen LogP contribution in [0.4, 0.5) is 5.82 Å². The van der Waals surface area contributed by atoms with Gasteiger partial charge in [-0.25, -0.2) is 0 Å². The highest BCUT2D eigenvalue weighted by molar-refractivity contribution is 6.36. The molecule has 1 aromatic heterocycles. The molecule has 3 N–H and O–H groups in total. The van der Waals surface area contributed by atoms with Crippen molar-refractivity contribution in [3.05, 3.63) is 50.7 Å². The van der Waals surface area contributed by atoms with Gasteiger partial charge in [-0.15, -0.1) is 0 Å². The first kappa shape index (κ1) is 11.0. The summed E-state index contributed by atoms with van der Waals surface area (Å²) in [6.07, 6.45) is 0. The second-order valence-corrected chi connectivity index (χ2v) is 4.16. The standard InChI is InChI=1S/C11H8Cl2N2O/c12-7-1-2-8(9(13)5-7)6-3-10(14)15-11(16)4-6/h1-5H,(H3,14,15,16). The van der Waals surface area contributed by atoms with Crippen LogP contribution in [0.25, 0.3) is 11.1 Å². The fourth-order valence-electron chi connectivity index (χ4n) is 1.44. The maximum Gasteiger partial charge on any atom is 0.250 e. The summed E-state index contributed by atoms with van der Waals surface area (Å²) in [4.78, 5) is 13.7. The Morgan fingerprint density at radius 3 is 2.50 bits per heavy atom. The smallest absolute Gasteiger partial charge is 0.250 e. The van der Waals surface area contributed by atoms with Crippen molar-refractivity contribution < 1.29 is 0 Å². The number of anilines is 1. The first-order valence-electron chi connectivity index (χ1n) is 4.51. The van der Waals surface area contributed by atoms with Crippen molar-refractivity contribution in [3.8, 4) is 11.1 Å². The van der Waals surface area contributed by atoms with Crippen LogP contribution in [0.5, 0.6) is 0 Å². The van der Waals surface area contributed by atoms with Gasteiger partial charge in [0.2, 0.25) is 5.56 Å². The van der Waals surface area contributed by atoms with Crippen molar-refractivity contribution in [2.24, 2.45) is 0 Å². The van der Waals surface area contributed by atoms with Crippen molar-refractivity contribution in [1.82, 2.24) is 4.98 Å². The normalized spacial score (nSPS) is 10.4. The molecule has 2 rings (SSSR count). The molecule has 3 nitrogen and oxygen atoms in total. The molecule has 0 saturated heterocycles. The number of aromatic nitrogens is 1. The Kier molecular flexibility index (Phi) is 2.90. The molecule has 82 valence electrons. The van der Waals surface area contributed by atoms with E-state index in [1.807, 2.05) is 0 Å². The number of nitrogens with two attached hydrogens (primary N) is 1. The van der Waals surface area contributed by atoms with Gasteiger partial charge in [-0.2, -0.15) is 0 Å². The van der Waals surface area contributed by atoms with Gasteiger partial charge < -0.3 is 10.7 Å². The molecule has 0 spiro atoms. The number of hydrogen-bond acceptors (Lipinski definition) is 2. The van der Waals surface area contributed by atoms with Gasteiger partial charge in [-0.05, 0) is 23.8 Å². The molecule has 0 unspecified atom stereocenters. The lowest BCUT2D eigenvalue weighted by atomic mass is 10.1. The minimum absolute atomic E-state index is 0.263. The first-order chi connectivity index (χ1) is 7.56. The Morgan fingerprint density at radius 1 is 1.12 bits per heavy atom. The number of pyridine rings is 1. The predicted molar refractivity (Wildman–Crippen MR) is 66.9 cm³/mol. The maximum absolute atomic E-state index is 11.3. The minimum Gasteiger partial charge on any atom is -0.385 e. The first-order valence-corrected chi connectivity index (χ1v) is 5.27. The van der Waals surface area contributed by atoms with Crippen LogP contribution >= 0.6 is 23.2 Å². The van der Waals surface area contributed by atoms with Gasteiger partial charge in [0.05, 0.1) is 0 Å². The molecule has 0 aliphatic carbocycles. The zero-order chi connectivity index (χ0) is 11.7. The van der Waals surface area contributed by atoms with Crippen molar-refractivity contribution >= 4 is 29.0 Å². The summed E-state index contributed by atoms with van der Waals surface area (Å²) < 4.78 is 0. The largest absolute Gasteiger partial charge is 0.385 e. The third kappa shape index (κ3) is 2.21. The van der Waals surface area contributed by atoms with Gasteiger partial charge in [0.25, 0.3) is 0 Å². The van der Waals surface area contributed by atoms with E-state index in [0.29, 0.717) is 21.4 Å². The van der Waals surface area contributed by atoms with E-state index in [4.69, 9.17) is 28.9 Å². The van der Waals surface area contributed by atoms with Gasteiger partial charge in [0.15, 0.2) is 0 Å². The van der Waals surface area contributed by atoms with E-state index in [2.05, 4.69) is 4.98 Å². The Bertz CT molecular complexity index is 593. The summed E-state index contributed by atoms with van der Waals surface area (Å²) >= 11 is 11.8. The van der Waals surface area contributed by atoms with Crippen molar-refractivity contribution in [2.75, 3.05) is 5.73 Å². The van der Waals surface area contributed by atoms with Crippen LogP contribution in [0.15, 0.2) is 35.1 Å². The molecule has 1 heterocycles. The summed E-state index contributed by atoms with van der Waals surface area (Å²) in [5.41, 5.74) is 6.68. The van der Waals surface area contributed by atoms with Crippen molar-refractivity contribution in [1.29, 1.82) is 0 Å². The SMILES string of the molecule is Nc1cc(-c2ccc(Cl)cc2Cl)cc(=O)[nH]1. The van der Waals surface area contributed by atoms with E-state index in [-0.39, 0.29) is 5.56 Å². The molecular weight excluding hydrogens is 247 g/mol. The van der Waals surface area contributed by atoms with Crippen LogP contribution in [0.1, 0.15) is 0 Å². The molecule has 16 heavy (non-hydrogen) atoms. The van der Waals surface area contributed by atoms with Gasteiger partial charge in [-0.1, -0.05) is 29.3 Å². The fraction of sp³-hybridized carbons (Fsp3) is 0. The number of rotatable bonds is 1. The van der Waals surface area contributed by atoms with E-state index in [1.54, 1.807) is 24.3 Å². The van der Waals surface area contributed by atoms with Crippen LogP contribution in [0, 0.1) is 0 Å². The molecule has 2 aromatic rings. The number of halogens is 2. The molecule has 0 fully saturated rings. The van der Waals surface area contributed by atoms with Crippen LogP contribution in [0.3, 0.4) is 0 Å². The lowest BCUT2D eigenvalue weighted by Crippen LogP contribution is -2.07. The van der Waals surface area contributed by atoms with E-state index >= 15 is 0 Å². The molecule has 0 bridgehead atoms. The van der Waals surface area contributed by atoms with E-state index in [0.717, 1.165) is 5.56 Å². The fourth-order valence-corrected chi connectivity index (χ4v) is 1.96. The Hall–Kier alpha value is -1.45. The predicted octanol–water partition coefficient (Wildman–Crippen LogP) is 2.93. The molecule has 0 atom stereocenters. The Labute approximate surface area is 102 Å². The quantitative estimate of drug-likeness (QED) is 0.822. The number of benzene rings is 1. The highest BCUT2D eigenvalue weighted by Crippen LogP contribution is 2.29. The number of H-pyrrole nitrogens is 1. The van der Waals surface area contributed by atoms with Crippen LogP contribution < -0.4 is 11.3 Å². The van der Waals surface area contributed by atoms with E-state index < -0.39 is 0 Å². The number of nitrogens with one attached hydrogen (secondary N) is 1. The van der Waals surface area contributed by atoms with Gasteiger partial charge in [-0.3, -0.25) is 4.79 Å². The van der Waals surface area contributed by atoms with Crippen molar-refractivity contribution in [3.63, 3.8) is 0 Å². The zero-order valence-electron chi connectivity index (χ0n) is 8.13. The van der Waals surface area contributed by atoms with Crippen LogP contribution in [-0.4, -0.2) is 4.98 Å². The number of hydrogen-bond donors (Lipinski definition) is 2. The number of aromatic amines is 1. The molecular formula is C11H8Cl2N2O. The second-order valence-electron chi connectivity index (χ2n) is 3.31. The molecule has 0 aliphatic rings. The van der Waals surface area contributed by atoms with Crippen LogP contribution in [-0.2, 0) is 0 Å². The summed E-state index contributed by atoms with van der Waals surface area (Å²) in [6, 6.07) is 8.16. The molecule has 0 aliphatic heterocycles. The molecule has 0 amide bonds. The van der Waals surface area contributed by atoms with E-state index in [9.17, 15) is 4.79 Å². The van der Waals surface area contributed by atoms with Gasteiger partial charge in [0.1, 0.15) is 5.82 Å². The zero-order valence-corrected chi connectivity index (χ0v) is 9.64. The Balaban J connectivity index is 2.63. The molecule has 0 radical (unpaired) electrons. The molecule has 5 heteroatoms. The van der Waals surface area contributed by atoms with Gasteiger partial charge >= 0.3 is 0 Å². The second kappa shape index (κ2) is 4.20. The monoisotopic (exact) mass is 254 g/mol. The summed E-state index contributed by atoms with van der Waals surface area (Å²) in [7, 11) is 0. The average molecular weight is 255 g/mol. The highest BCUT2D eigenvalue weighted by atomic mass is 35.5. The van der Waals surface area contributed by atoms with Crippen molar-refractivity contribution in [2.45, 2.75) is 0 Å². The summed E-state index contributed by atoms with van der Waals surface area (Å²) in [6.45, 7) is 0.